The first-order valence-corrected chi connectivity index (χ1v) is 7.27. The van der Waals surface area contributed by atoms with Gasteiger partial charge < -0.3 is 27.0 Å². The smallest absolute Gasteiger partial charge is 0.330 e. The van der Waals surface area contributed by atoms with Crippen molar-refractivity contribution < 1.29 is 24.6 Å². The standard InChI is InChI=1S/C17H17N3O5/c18-11-4-1-9(2-5-11)16(23)20-15(17(24)25)13-8-12(19)6-3-10(13)7-14(21)22/h1-6,8,15H,7,18-19H2,(H,20,23)(H,21,22)(H,24,25). The molecular weight excluding hydrogens is 326 g/mol. The maximum Gasteiger partial charge on any atom is 0.330 e. The number of nitrogen functional groups attached to an aromatic ring is 2. The van der Waals surface area contributed by atoms with Crippen molar-refractivity contribution in [3.8, 4) is 0 Å². The molecule has 0 aliphatic heterocycles. The van der Waals surface area contributed by atoms with E-state index in [2.05, 4.69) is 5.32 Å². The van der Waals surface area contributed by atoms with Crippen molar-refractivity contribution >= 4 is 29.2 Å². The number of nitrogens with one attached hydrogen (secondary N) is 1. The molecule has 130 valence electrons. The van der Waals surface area contributed by atoms with Gasteiger partial charge in [0.25, 0.3) is 5.91 Å². The Bertz CT molecular complexity index is 818. The van der Waals surface area contributed by atoms with E-state index in [4.69, 9.17) is 16.6 Å². The van der Waals surface area contributed by atoms with Gasteiger partial charge in [0.15, 0.2) is 6.04 Å². The van der Waals surface area contributed by atoms with Gasteiger partial charge in [-0.3, -0.25) is 9.59 Å². The molecule has 0 spiro atoms. The van der Waals surface area contributed by atoms with Crippen molar-refractivity contribution in [3.63, 3.8) is 0 Å². The van der Waals surface area contributed by atoms with E-state index in [9.17, 15) is 19.5 Å². The van der Waals surface area contributed by atoms with Gasteiger partial charge in [-0.2, -0.15) is 0 Å². The minimum atomic E-state index is -1.44. The van der Waals surface area contributed by atoms with Crippen LogP contribution >= 0.6 is 0 Å². The zero-order valence-electron chi connectivity index (χ0n) is 13.1. The van der Waals surface area contributed by atoms with Crippen LogP contribution in [-0.2, 0) is 16.0 Å². The normalized spacial score (nSPS) is 11.5. The van der Waals surface area contributed by atoms with Crippen LogP contribution in [0.2, 0.25) is 0 Å². The number of anilines is 2. The molecule has 0 aliphatic rings. The summed E-state index contributed by atoms with van der Waals surface area (Å²) in [6.07, 6.45) is -0.392. The van der Waals surface area contributed by atoms with E-state index in [1.54, 1.807) is 0 Å². The largest absolute Gasteiger partial charge is 0.481 e. The van der Waals surface area contributed by atoms with Gasteiger partial charge in [-0.15, -0.1) is 0 Å². The van der Waals surface area contributed by atoms with Crippen molar-refractivity contribution in [3.05, 3.63) is 59.2 Å². The number of carboxylic acids is 2. The van der Waals surface area contributed by atoms with Gasteiger partial charge in [0, 0.05) is 16.9 Å². The molecule has 0 saturated heterocycles. The van der Waals surface area contributed by atoms with Crippen LogP contribution in [0, 0.1) is 0 Å². The third kappa shape index (κ3) is 4.47. The number of rotatable bonds is 6. The molecule has 1 unspecified atom stereocenters. The summed E-state index contributed by atoms with van der Waals surface area (Å²) in [5, 5.41) is 20.9. The molecule has 2 aromatic carbocycles. The van der Waals surface area contributed by atoms with E-state index >= 15 is 0 Å². The Balaban J connectivity index is 2.36. The molecule has 0 aliphatic carbocycles. The van der Waals surface area contributed by atoms with Crippen molar-refractivity contribution in [2.75, 3.05) is 11.5 Å². The zero-order chi connectivity index (χ0) is 18.6. The lowest BCUT2D eigenvalue weighted by Gasteiger charge is -2.18. The van der Waals surface area contributed by atoms with Crippen LogP contribution in [0.5, 0.6) is 0 Å². The van der Waals surface area contributed by atoms with Gasteiger partial charge in [0.2, 0.25) is 0 Å². The van der Waals surface area contributed by atoms with Crippen LogP contribution in [0.4, 0.5) is 11.4 Å². The number of carboxylic acid groups (broad SMARTS) is 2. The summed E-state index contributed by atoms with van der Waals surface area (Å²) in [5.41, 5.74) is 12.6. The Hall–Kier alpha value is -3.55. The van der Waals surface area contributed by atoms with Gasteiger partial charge >= 0.3 is 11.9 Å². The highest BCUT2D eigenvalue weighted by atomic mass is 16.4. The molecule has 1 atom stereocenters. The lowest BCUT2D eigenvalue weighted by atomic mass is 9.97. The lowest BCUT2D eigenvalue weighted by Crippen LogP contribution is -2.34. The molecular formula is C17H17N3O5. The van der Waals surface area contributed by atoms with Crippen LogP contribution in [0.1, 0.15) is 27.5 Å². The highest BCUT2D eigenvalue weighted by Gasteiger charge is 2.26. The Morgan fingerprint density at radius 3 is 2.12 bits per heavy atom. The second-order valence-corrected chi connectivity index (χ2v) is 5.40. The molecule has 1 amide bonds. The Morgan fingerprint density at radius 1 is 0.960 bits per heavy atom. The first kappa shape index (κ1) is 17.8. The fourth-order valence-electron chi connectivity index (χ4n) is 2.33. The average molecular weight is 343 g/mol. The molecule has 2 aromatic rings. The predicted octanol–water partition coefficient (Wildman–Crippen LogP) is 1.03. The van der Waals surface area contributed by atoms with Gasteiger partial charge in [0.1, 0.15) is 0 Å². The summed E-state index contributed by atoms with van der Waals surface area (Å²) < 4.78 is 0. The highest BCUT2D eigenvalue weighted by molar-refractivity contribution is 5.97. The van der Waals surface area contributed by atoms with Gasteiger partial charge in [-0.25, -0.2) is 4.79 Å². The molecule has 0 heterocycles. The molecule has 0 saturated carbocycles. The van der Waals surface area contributed by atoms with Gasteiger partial charge in [-0.05, 0) is 47.5 Å². The first-order valence-electron chi connectivity index (χ1n) is 7.27. The summed E-state index contributed by atoms with van der Waals surface area (Å²) in [7, 11) is 0. The van der Waals surface area contributed by atoms with E-state index in [-0.39, 0.29) is 22.4 Å². The number of amides is 1. The molecule has 8 heteroatoms. The fourth-order valence-corrected chi connectivity index (χ4v) is 2.33. The van der Waals surface area contributed by atoms with E-state index in [0.717, 1.165) is 0 Å². The fraction of sp³-hybridized carbons (Fsp3) is 0.118. The topological polar surface area (TPSA) is 156 Å². The van der Waals surface area contributed by atoms with E-state index in [1.807, 2.05) is 0 Å². The van der Waals surface area contributed by atoms with Gasteiger partial charge in [0.05, 0.1) is 6.42 Å². The molecule has 8 nitrogen and oxygen atoms in total. The third-order valence-corrected chi connectivity index (χ3v) is 3.52. The zero-order valence-corrected chi connectivity index (χ0v) is 13.1. The minimum Gasteiger partial charge on any atom is -0.481 e. The van der Waals surface area contributed by atoms with Crippen LogP contribution in [0.15, 0.2) is 42.5 Å². The highest BCUT2D eigenvalue weighted by Crippen LogP contribution is 2.23. The van der Waals surface area contributed by atoms with E-state index in [1.165, 1.54) is 42.5 Å². The molecule has 0 bridgehead atoms. The quantitative estimate of drug-likeness (QED) is 0.490. The lowest BCUT2D eigenvalue weighted by molar-refractivity contribution is -0.140. The third-order valence-electron chi connectivity index (χ3n) is 3.52. The number of aliphatic carboxylic acids is 2. The Labute approximate surface area is 143 Å². The van der Waals surface area contributed by atoms with Crippen molar-refractivity contribution in [2.24, 2.45) is 0 Å². The average Bonchev–Trinajstić information content (AvgIpc) is 2.54. The molecule has 25 heavy (non-hydrogen) atoms. The Kier molecular flexibility index (Phi) is 5.23. The maximum absolute atomic E-state index is 12.3. The SMILES string of the molecule is Nc1ccc(C(=O)NC(C(=O)O)c2cc(N)ccc2CC(=O)O)cc1. The number of carbonyl (C=O) groups excluding carboxylic acids is 1. The van der Waals surface area contributed by atoms with Crippen LogP contribution in [-0.4, -0.2) is 28.1 Å². The van der Waals surface area contributed by atoms with Crippen LogP contribution < -0.4 is 16.8 Å². The summed E-state index contributed by atoms with van der Waals surface area (Å²) >= 11 is 0. The molecule has 0 aromatic heterocycles. The maximum atomic E-state index is 12.3. The number of carbonyl (C=O) groups is 3. The van der Waals surface area contributed by atoms with E-state index < -0.39 is 30.3 Å². The van der Waals surface area contributed by atoms with Gasteiger partial charge in [-0.1, -0.05) is 6.07 Å². The second kappa shape index (κ2) is 7.35. The number of hydrogen-bond donors (Lipinski definition) is 5. The minimum absolute atomic E-state index is 0.124. The second-order valence-electron chi connectivity index (χ2n) is 5.40. The summed E-state index contributed by atoms with van der Waals surface area (Å²) in [6.45, 7) is 0. The van der Waals surface area contributed by atoms with E-state index in [0.29, 0.717) is 5.69 Å². The number of nitrogens with two attached hydrogens (primary N) is 2. The summed E-state index contributed by atoms with van der Waals surface area (Å²) in [6, 6.07) is 8.76. The number of benzene rings is 2. The van der Waals surface area contributed by atoms with Crippen LogP contribution in [0.25, 0.3) is 0 Å². The predicted molar refractivity (Wildman–Crippen MR) is 90.9 cm³/mol. The van der Waals surface area contributed by atoms with Crippen molar-refractivity contribution in [2.45, 2.75) is 12.5 Å². The van der Waals surface area contributed by atoms with Crippen molar-refractivity contribution in [1.82, 2.24) is 5.32 Å². The number of hydrogen-bond acceptors (Lipinski definition) is 5. The monoisotopic (exact) mass is 343 g/mol. The molecule has 0 radical (unpaired) electrons. The summed E-state index contributed by atoms with van der Waals surface area (Å²) in [4.78, 5) is 34.9. The molecule has 7 N–H and O–H groups in total. The van der Waals surface area contributed by atoms with Crippen molar-refractivity contribution in [1.29, 1.82) is 0 Å². The first-order chi connectivity index (χ1) is 11.8. The summed E-state index contributed by atoms with van der Waals surface area (Å²) in [5.74, 6) is -3.09. The molecule has 0 fully saturated rings. The Morgan fingerprint density at radius 2 is 1.56 bits per heavy atom. The van der Waals surface area contributed by atoms with Crippen LogP contribution in [0.3, 0.4) is 0 Å². The molecule has 2 rings (SSSR count).